The Kier molecular flexibility index (Phi) is 5.99. The predicted octanol–water partition coefficient (Wildman–Crippen LogP) is 2.59. The monoisotopic (exact) mass is 400 g/mol. The quantitative estimate of drug-likeness (QED) is 0.707. The summed E-state index contributed by atoms with van der Waals surface area (Å²) < 4.78 is 16.1. The normalized spacial score (nSPS) is 16.6. The fraction of sp³-hybridized carbons (Fsp3) is 0.571. The smallest absolute Gasteiger partial charge is 0.231 e. The summed E-state index contributed by atoms with van der Waals surface area (Å²) in [7, 11) is 0. The van der Waals surface area contributed by atoms with E-state index >= 15 is 0 Å². The highest BCUT2D eigenvalue weighted by Gasteiger charge is 2.22. The van der Waals surface area contributed by atoms with Crippen LogP contribution >= 0.6 is 0 Å². The van der Waals surface area contributed by atoms with E-state index in [1.807, 2.05) is 30.9 Å². The first-order chi connectivity index (χ1) is 14.1. The first-order valence-corrected chi connectivity index (χ1v) is 10.3. The molecule has 1 aromatic carbocycles. The summed E-state index contributed by atoms with van der Waals surface area (Å²) in [5, 5.41) is 3.96. The van der Waals surface area contributed by atoms with Crippen molar-refractivity contribution in [2.45, 2.75) is 45.6 Å². The number of benzene rings is 1. The summed E-state index contributed by atoms with van der Waals surface area (Å²) in [5.74, 6) is 3.43. The minimum absolute atomic E-state index is 0.205. The average molecular weight is 400 g/mol. The third kappa shape index (κ3) is 4.87. The number of rotatable bonds is 7. The van der Waals surface area contributed by atoms with Gasteiger partial charge in [0.05, 0.1) is 0 Å². The van der Waals surface area contributed by atoms with E-state index in [0.717, 1.165) is 56.5 Å². The number of ether oxygens (including phenoxy) is 2. The lowest BCUT2D eigenvalue weighted by atomic mass is 10.1. The van der Waals surface area contributed by atoms with Gasteiger partial charge in [-0.3, -0.25) is 9.69 Å². The van der Waals surface area contributed by atoms with E-state index in [0.29, 0.717) is 25.5 Å². The van der Waals surface area contributed by atoms with Gasteiger partial charge in [-0.15, -0.1) is 0 Å². The van der Waals surface area contributed by atoms with E-state index in [1.165, 1.54) is 5.56 Å². The van der Waals surface area contributed by atoms with Gasteiger partial charge in [0.1, 0.15) is 0 Å². The number of hydrogen-bond donors (Lipinski definition) is 0. The Bertz CT molecular complexity index is 843. The van der Waals surface area contributed by atoms with Crippen LogP contribution in [-0.4, -0.2) is 58.8 Å². The number of amides is 1. The van der Waals surface area contributed by atoms with Crippen LogP contribution in [-0.2, 0) is 17.8 Å². The topological polar surface area (TPSA) is 80.9 Å². The molecule has 1 saturated heterocycles. The van der Waals surface area contributed by atoms with Gasteiger partial charge < -0.3 is 18.9 Å². The second-order valence-electron chi connectivity index (χ2n) is 7.90. The molecule has 0 spiro atoms. The second-order valence-corrected chi connectivity index (χ2v) is 7.90. The molecule has 156 valence electrons. The Morgan fingerprint density at radius 1 is 1.14 bits per heavy atom. The fourth-order valence-electron chi connectivity index (χ4n) is 3.61. The van der Waals surface area contributed by atoms with Crippen LogP contribution in [0.5, 0.6) is 11.5 Å². The fourth-order valence-corrected chi connectivity index (χ4v) is 3.61. The molecule has 2 aliphatic heterocycles. The van der Waals surface area contributed by atoms with Crippen molar-refractivity contribution >= 4 is 5.91 Å². The van der Waals surface area contributed by atoms with Crippen LogP contribution in [0.4, 0.5) is 0 Å². The lowest BCUT2D eigenvalue weighted by Crippen LogP contribution is -2.48. The van der Waals surface area contributed by atoms with Gasteiger partial charge in [0, 0.05) is 51.5 Å². The molecule has 0 aliphatic carbocycles. The molecule has 0 saturated carbocycles. The maximum Gasteiger partial charge on any atom is 0.231 e. The van der Waals surface area contributed by atoms with Gasteiger partial charge in [-0.2, -0.15) is 4.98 Å². The maximum absolute atomic E-state index is 12.5. The van der Waals surface area contributed by atoms with Crippen LogP contribution in [0.1, 0.15) is 49.9 Å². The maximum atomic E-state index is 12.5. The SMILES string of the molecule is CC(C)c1noc(CCCC(=O)N2CCN(Cc3ccc4c(c3)OCO4)CC2)n1. The second kappa shape index (κ2) is 8.82. The van der Waals surface area contributed by atoms with Gasteiger partial charge in [0.15, 0.2) is 17.3 Å². The number of aryl methyl sites for hydroxylation is 1. The molecule has 1 fully saturated rings. The van der Waals surface area contributed by atoms with Gasteiger partial charge in [-0.25, -0.2) is 0 Å². The highest BCUT2D eigenvalue weighted by Crippen LogP contribution is 2.32. The Hall–Kier alpha value is -2.61. The molecular weight excluding hydrogens is 372 g/mol. The number of piperazine rings is 1. The standard InChI is InChI=1S/C21H28N4O4/c1-15(2)21-22-19(29-23-21)4-3-5-20(26)25-10-8-24(9-11-25)13-16-6-7-17-18(12-16)28-14-27-17/h6-7,12,15H,3-5,8-11,13-14H2,1-2H3. The van der Waals surface area contributed by atoms with E-state index in [-0.39, 0.29) is 11.8 Å². The van der Waals surface area contributed by atoms with Gasteiger partial charge >= 0.3 is 0 Å². The van der Waals surface area contributed by atoms with Crippen LogP contribution in [0.25, 0.3) is 0 Å². The molecule has 0 radical (unpaired) electrons. The van der Waals surface area contributed by atoms with E-state index < -0.39 is 0 Å². The molecule has 0 unspecified atom stereocenters. The predicted molar refractivity (Wildman–Crippen MR) is 106 cm³/mol. The number of carbonyl (C=O) groups is 1. The zero-order valence-corrected chi connectivity index (χ0v) is 17.1. The first kappa shape index (κ1) is 19.7. The number of aromatic nitrogens is 2. The number of fused-ring (bicyclic) bond motifs is 1. The van der Waals surface area contributed by atoms with E-state index in [4.69, 9.17) is 14.0 Å². The minimum Gasteiger partial charge on any atom is -0.454 e. The number of carbonyl (C=O) groups excluding carboxylic acids is 1. The Labute approximate surface area is 170 Å². The Balaban J connectivity index is 1.18. The summed E-state index contributed by atoms with van der Waals surface area (Å²) in [6.45, 7) is 8.50. The van der Waals surface area contributed by atoms with Gasteiger partial charge in [-0.05, 0) is 24.1 Å². The van der Waals surface area contributed by atoms with Crippen LogP contribution < -0.4 is 9.47 Å². The molecule has 0 N–H and O–H groups in total. The third-order valence-corrected chi connectivity index (χ3v) is 5.35. The molecule has 3 heterocycles. The van der Waals surface area contributed by atoms with Gasteiger partial charge in [-0.1, -0.05) is 25.1 Å². The summed E-state index contributed by atoms with van der Waals surface area (Å²) >= 11 is 0. The van der Waals surface area contributed by atoms with Crippen LogP contribution in [0.15, 0.2) is 22.7 Å². The van der Waals surface area contributed by atoms with Crippen molar-refractivity contribution in [2.24, 2.45) is 0 Å². The van der Waals surface area contributed by atoms with Crippen molar-refractivity contribution in [3.8, 4) is 11.5 Å². The third-order valence-electron chi connectivity index (χ3n) is 5.35. The van der Waals surface area contributed by atoms with Crippen molar-refractivity contribution in [3.63, 3.8) is 0 Å². The lowest BCUT2D eigenvalue weighted by Gasteiger charge is -2.34. The summed E-state index contributed by atoms with van der Waals surface area (Å²) in [6, 6.07) is 6.08. The van der Waals surface area contributed by atoms with Crippen molar-refractivity contribution in [3.05, 3.63) is 35.5 Å². The molecular formula is C21H28N4O4. The minimum atomic E-state index is 0.205. The molecule has 0 atom stereocenters. The van der Waals surface area contributed by atoms with Gasteiger partial charge in [0.25, 0.3) is 0 Å². The van der Waals surface area contributed by atoms with Crippen molar-refractivity contribution in [1.82, 2.24) is 19.9 Å². The number of hydrogen-bond acceptors (Lipinski definition) is 7. The number of nitrogens with zero attached hydrogens (tertiary/aromatic N) is 4. The molecule has 8 heteroatoms. The summed E-state index contributed by atoms with van der Waals surface area (Å²) in [5.41, 5.74) is 1.20. The largest absolute Gasteiger partial charge is 0.454 e. The summed E-state index contributed by atoms with van der Waals surface area (Å²) in [4.78, 5) is 21.2. The van der Waals surface area contributed by atoms with Crippen molar-refractivity contribution < 1.29 is 18.8 Å². The Morgan fingerprint density at radius 3 is 2.69 bits per heavy atom. The lowest BCUT2D eigenvalue weighted by molar-refractivity contribution is -0.133. The van der Waals surface area contributed by atoms with Gasteiger partial charge in [0.2, 0.25) is 18.6 Å². The highest BCUT2D eigenvalue weighted by molar-refractivity contribution is 5.76. The van der Waals surface area contributed by atoms with E-state index in [9.17, 15) is 4.79 Å². The Morgan fingerprint density at radius 2 is 1.93 bits per heavy atom. The summed E-state index contributed by atoms with van der Waals surface area (Å²) in [6.07, 6.45) is 1.90. The molecule has 1 amide bonds. The highest BCUT2D eigenvalue weighted by atomic mass is 16.7. The van der Waals surface area contributed by atoms with Crippen LogP contribution in [0.3, 0.4) is 0 Å². The first-order valence-electron chi connectivity index (χ1n) is 10.3. The molecule has 2 aromatic rings. The molecule has 1 aromatic heterocycles. The average Bonchev–Trinajstić information content (AvgIpc) is 3.37. The van der Waals surface area contributed by atoms with Crippen molar-refractivity contribution in [2.75, 3.05) is 33.0 Å². The molecule has 8 nitrogen and oxygen atoms in total. The molecule has 2 aliphatic rings. The molecule has 4 rings (SSSR count). The molecule has 29 heavy (non-hydrogen) atoms. The van der Waals surface area contributed by atoms with Crippen LogP contribution in [0.2, 0.25) is 0 Å². The van der Waals surface area contributed by atoms with Crippen LogP contribution in [0, 0.1) is 0 Å². The molecule has 0 bridgehead atoms. The zero-order chi connectivity index (χ0) is 20.2. The van der Waals surface area contributed by atoms with Crippen molar-refractivity contribution in [1.29, 1.82) is 0 Å². The van der Waals surface area contributed by atoms with E-state index in [1.54, 1.807) is 0 Å². The van der Waals surface area contributed by atoms with E-state index in [2.05, 4.69) is 21.1 Å². The zero-order valence-electron chi connectivity index (χ0n) is 17.1.